The lowest BCUT2D eigenvalue weighted by atomic mass is 10.0. The largest absolute Gasteiger partial charge is 0.491 e. The summed E-state index contributed by atoms with van der Waals surface area (Å²) in [6.07, 6.45) is 0.749. The highest BCUT2D eigenvalue weighted by Crippen LogP contribution is 2.28. The molecule has 142 valence electrons. The van der Waals surface area contributed by atoms with Crippen molar-refractivity contribution in [3.05, 3.63) is 71.7 Å². The predicted molar refractivity (Wildman–Crippen MR) is 104 cm³/mol. The van der Waals surface area contributed by atoms with Crippen molar-refractivity contribution in [2.24, 2.45) is 0 Å². The summed E-state index contributed by atoms with van der Waals surface area (Å²) in [7, 11) is 0. The highest BCUT2D eigenvalue weighted by molar-refractivity contribution is 5.98. The summed E-state index contributed by atoms with van der Waals surface area (Å²) >= 11 is 0. The number of fused-ring (bicyclic) bond motifs is 2. The minimum absolute atomic E-state index is 0.0824. The van der Waals surface area contributed by atoms with E-state index in [9.17, 15) is 4.79 Å². The second kappa shape index (κ2) is 7.13. The second-order valence-electron chi connectivity index (χ2n) is 7.09. The van der Waals surface area contributed by atoms with Crippen LogP contribution in [0.1, 0.15) is 21.9 Å². The van der Waals surface area contributed by atoms with Crippen LogP contribution in [0.3, 0.4) is 0 Å². The molecule has 3 aromatic rings. The molecule has 1 aromatic heterocycles. The van der Waals surface area contributed by atoms with Gasteiger partial charge in [-0.05, 0) is 18.1 Å². The van der Waals surface area contributed by atoms with Crippen LogP contribution in [0.25, 0.3) is 11.3 Å². The summed E-state index contributed by atoms with van der Waals surface area (Å²) in [6, 6.07) is 17.8. The van der Waals surface area contributed by atoms with Gasteiger partial charge in [0.05, 0.1) is 18.3 Å². The lowest BCUT2D eigenvalue weighted by Gasteiger charge is -2.26. The highest BCUT2D eigenvalue weighted by Gasteiger charge is 2.28. The minimum Gasteiger partial charge on any atom is -0.491 e. The van der Waals surface area contributed by atoms with Crippen molar-refractivity contribution in [2.75, 3.05) is 13.2 Å². The molecule has 2 aromatic carbocycles. The Hall–Kier alpha value is -3.12. The van der Waals surface area contributed by atoms with E-state index in [0.717, 1.165) is 34.8 Å². The highest BCUT2D eigenvalue weighted by atomic mass is 16.5. The summed E-state index contributed by atoms with van der Waals surface area (Å²) < 4.78 is 13.4. The lowest BCUT2D eigenvalue weighted by molar-refractivity contribution is 0.0820. The van der Waals surface area contributed by atoms with Crippen molar-refractivity contribution in [1.29, 1.82) is 0 Å². The van der Waals surface area contributed by atoms with E-state index >= 15 is 0 Å². The standard InChI is InChI=1S/C22H21N3O3/c26-22(23-17-12-16-8-4-5-9-18(16)28-13-17)20-21(15-6-2-1-3-7-15)25-10-11-27-14-19(25)24-20/h1-9,17H,10-14H2,(H,23,26). The van der Waals surface area contributed by atoms with Crippen LogP contribution in [-0.4, -0.2) is 34.7 Å². The fourth-order valence-electron chi connectivity index (χ4n) is 3.89. The molecule has 1 amide bonds. The Kier molecular flexibility index (Phi) is 4.33. The number of imidazole rings is 1. The Morgan fingerprint density at radius 2 is 1.93 bits per heavy atom. The Bertz CT molecular complexity index is 1010. The molecule has 5 rings (SSSR count). The molecule has 2 aliphatic heterocycles. The van der Waals surface area contributed by atoms with Crippen molar-refractivity contribution in [3.8, 4) is 17.0 Å². The van der Waals surface area contributed by atoms with E-state index in [2.05, 4.69) is 14.9 Å². The molecule has 6 nitrogen and oxygen atoms in total. The number of carbonyl (C=O) groups excluding carboxylic acids is 1. The number of hydrogen-bond donors (Lipinski definition) is 1. The zero-order valence-corrected chi connectivity index (χ0v) is 15.4. The topological polar surface area (TPSA) is 65.4 Å². The fourth-order valence-corrected chi connectivity index (χ4v) is 3.89. The van der Waals surface area contributed by atoms with Gasteiger partial charge in [0.15, 0.2) is 5.69 Å². The molecule has 28 heavy (non-hydrogen) atoms. The molecule has 1 N–H and O–H groups in total. The van der Waals surface area contributed by atoms with Crippen LogP contribution in [0.5, 0.6) is 5.75 Å². The third-order valence-corrected chi connectivity index (χ3v) is 5.21. The van der Waals surface area contributed by atoms with E-state index in [1.54, 1.807) is 0 Å². The molecule has 0 spiro atoms. The average molecular weight is 375 g/mol. The van der Waals surface area contributed by atoms with Gasteiger partial charge in [-0.25, -0.2) is 4.98 Å². The van der Waals surface area contributed by atoms with E-state index < -0.39 is 0 Å². The Labute approximate surface area is 163 Å². The van der Waals surface area contributed by atoms with Crippen molar-refractivity contribution < 1.29 is 14.3 Å². The van der Waals surface area contributed by atoms with E-state index in [1.165, 1.54) is 0 Å². The van der Waals surface area contributed by atoms with Crippen LogP contribution in [0.4, 0.5) is 0 Å². The number of carbonyl (C=O) groups is 1. The molecule has 1 unspecified atom stereocenters. The number of rotatable bonds is 3. The maximum Gasteiger partial charge on any atom is 0.272 e. The summed E-state index contributed by atoms with van der Waals surface area (Å²) in [4.78, 5) is 17.8. The van der Waals surface area contributed by atoms with E-state index in [0.29, 0.717) is 32.1 Å². The third-order valence-electron chi connectivity index (χ3n) is 5.21. The molecule has 0 radical (unpaired) electrons. The molecule has 0 saturated heterocycles. The van der Waals surface area contributed by atoms with Crippen molar-refractivity contribution in [3.63, 3.8) is 0 Å². The first-order chi connectivity index (χ1) is 13.8. The van der Waals surface area contributed by atoms with Crippen LogP contribution >= 0.6 is 0 Å². The number of amides is 1. The van der Waals surface area contributed by atoms with Crippen molar-refractivity contribution >= 4 is 5.91 Å². The maximum absolute atomic E-state index is 13.2. The third kappa shape index (κ3) is 3.05. The molecule has 3 heterocycles. The van der Waals surface area contributed by atoms with E-state index in [-0.39, 0.29) is 11.9 Å². The molecular weight excluding hydrogens is 354 g/mol. The summed E-state index contributed by atoms with van der Waals surface area (Å²) in [6.45, 7) is 2.20. The van der Waals surface area contributed by atoms with Gasteiger partial charge < -0.3 is 19.4 Å². The molecule has 0 fully saturated rings. The number of aromatic nitrogens is 2. The average Bonchev–Trinajstić information content (AvgIpc) is 3.14. The predicted octanol–water partition coefficient (Wildman–Crippen LogP) is 2.81. The number of hydrogen-bond acceptors (Lipinski definition) is 4. The van der Waals surface area contributed by atoms with Gasteiger partial charge >= 0.3 is 0 Å². The number of ether oxygens (including phenoxy) is 2. The van der Waals surface area contributed by atoms with Gasteiger partial charge in [0, 0.05) is 12.1 Å². The molecule has 6 heteroatoms. The van der Waals surface area contributed by atoms with Gasteiger partial charge in [-0.2, -0.15) is 0 Å². The first-order valence-electron chi connectivity index (χ1n) is 9.54. The van der Waals surface area contributed by atoms with Crippen LogP contribution < -0.4 is 10.1 Å². The molecule has 0 bridgehead atoms. The van der Waals surface area contributed by atoms with Crippen LogP contribution in [0.15, 0.2) is 54.6 Å². The minimum atomic E-state index is -0.172. The first kappa shape index (κ1) is 17.0. The van der Waals surface area contributed by atoms with Gasteiger partial charge in [-0.3, -0.25) is 4.79 Å². The van der Waals surface area contributed by atoms with Crippen molar-refractivity contribution in [2.45, 2.75) is 25.6 Å². The number of para-hydroxylation sites is 1. The van der Waals surface area contributed by atoms with Gasteiger partial charge in [0.25, 0.3) is 5.91 Å². The number of nitrogens with one attached hydrogen (secondary N) is 1. The molecule has 2 aliphatic rings. The second-order valence-corrected chi connectivity index (χ2v) is 7.09. The molecule has 0 saturated carbocycles. The van der Waals surface area contributed by atoms with Crippen LogP contribution in [0, 0.1) is 0 Å². The van der Waals surface area contributed by atoms with E-state index in [4.69, 9.17) is 9.47 Å². The first-order valence-corrected chi connectivity index (χ1v) is 9.54. The quantitative estimate of drug-likeness (QED) is 0.765. The zero-order valence-electron chi connectivity index (χ0n) is 15.4. The van der Waals surface area contributed by atoms with Gasteiger partial charge in [0.2, 0.25) is 0 Å². The Balaban J connectivity index is 1.45. The summed E-state index contributed by atoms with van der Waals surface area (Å²) in [5.41, 5.74) is 3.40. The number of nitrogens with zero attached hydrogens (tertiary/aromatic N) is 2. The molecule has 1 atom stereocenters. The Morgan fingerprint density at radius 1 is 1.11 bits per heavy atom. The molecular formula is C22H21N3O3. The SMILES string of the molecule is O=C(NC1COc2ccccc2C1)c1nc2n(c1-c1ccccc1)CCOC2. The smallest absolute Gasteiger partial charge is 0.272 e. The lowest BCUT2D eigenvalue weighted by Crippen LogP contribution is -2.43. The van der Waals surface area contributed by atoms with Gasteiger partial charge in [-0.1, -0.05) is 48.5 Å². The molecule has 0 aliphatic carbocycles. The zero-order chi connectivity index (χ0) is 18.9. The summed E-state index contributed by atoms with van der Waals surface area (Å²) in [5.74, 6) is 1.52. The van der Waals surface area contributed by atoms with Crippen LogP contribution in [-0.2, 0) is 24.3 Å². The van der Waals surface area contributed by atoms with Gasteiger partial charge in [0.1, 0.15) is 24.8 Å². The monoisotopic (exact) mass is 375 g/mol. The van der Waals surface area contributed by atoms with Gasteiger partial charge in [-0.15, -0.1) is 0 Å². The van der Waals surface area contributed by atoms with Crippen molar-refractivity contribution in [1.82, 2.24) is 14.9 Å². The normalized spacial score (nSPS) is 17.9. The number of benzene rings is 2. The van der Waals surface area contributed by atoms with Crippen LogP contribution in [0.2, 0.25) is 0 Å². The summed E-state index contributed by atoms with van der Waals surface area (Å²) in [5, 5.41) is 3.11. The van der Waals surface area contributed by atoms with E-state index in [1.807, 2.05) is 54.6 Å². The fraction of sp³-hybridized carbons (Fsp3) is 0.273. The maximum atomic E-state index is 13.2. The Morgan fingerprint density at radius 3 is 2.82 bits per heavy atom.